The molecule has 0 unspecified atom stereocenters. The van der Waals surface area contributed by atoms with Crippen molar-refractivity contribution >= 4 is 26.0 Å². The van der Waals surface area contributed by atoms with Crippen molar-refractivity contribution in [2.45, 2.75) is 15.8 Å². The maximum Gasteiger partial charge on any atom is 0.325 e. The molecule has 0 aliphatic heterocycles. The molecular weight excluding hydrogens is 456 g/mol. The molecule has 176 valence electrons. The Morgan fingerprint density at radius 3 is 1.75 bits per heavy atom. The SMILES string of the molecule is CNCCNS(=O)(=O)c1ccc(-c2ccc(S(=O)(=O)N[C@@H](CNC)C(=O)OC)cc2)cc1. The summed E-state index contributed by atoms with van der Waals surface area (Å²) in [5.41, 5.74) is 1.43. The molecule has 0 aliphatic rings. The molecule has 32 heavy (non-hydrogen) atoms. The summed E-state index contributed by atoms with van der Waals surface area (Å²) in [6.07, 6.45) is 0. The highest BCUT2D eigenvalue weighted by atomic mass is 32.2. The zero-order valence-electron chi connectivity index (χ0n) is 18.1. The van der Waals surface area contributed by atoms with Gasteiger partial charge in [0.2, 0.25) is 20.0 Å². The minimum absolute atomic E-state index is 0.0146. The van der Waals surface area contributed by atoms with Crippen molar-refractivity contribution in [3.05, 3.63) is 48.5 Å². The minimum Gasteiger partial charge on any atom is -0.468 e. The fraction of sp³-hybridized carbons (Fsp3) is 0.350. The molecule has 0 amide bonds. The Labute approximate surface area is 188 Å². The van der Waals surface area contributed by atoms with Crippen LogP contribution in [0.3, 0.4) is 0 Å². The van der Waals surface area contributed by atoms with E-state index in [0.29, 0.717) is 12.1 Å². The first-order valence-electron chi connectivity index (χ1n) is 9.74. The monoisotopic (exact) mass is 484 g/mol. The number of carbonyl (C=O) groups excluding carboxylic acids is 1. The lowest BCUT2D eigenvalue weighted by Gasteiger charge is -2.16. The predicted molar refractivity (Wildman–Crippen MR) is 121 cm³/mol. The summed E-state index contributed by atoms with van der Waals surface area (Å²) in [7, 11) is -3.05. The second kappa shape index (κ2) is 11.5. The number of esters is 1. The van der Waals surface area contributed by atoms with E-state index in [1.165, 1.54) is 31.4 Å². The van der Waals surface area contributed by atoms with E-state index in [1.807, 2.05) is 0 Å². The number of carbonyl (C=O) groups is 1. The molecule has 0 spiro atoms. The van der Waals surface area contributed by atoms with Crippen LogP contribution in [-0.4, -0.2) is 69.7 Å². The van der Waals surface area contributed by atoms with Gasteiger partial charge in [0, 0.05) is 19.6 Å². The summed E-state index contributed by atoms with van der Waals surface area (Å²) in [6.45, 7) is 0.857. The van der Waals surface area contributed by atoms with Crippen molar-refractivity contribution in [3.8, 4) is 11.1 Å². The number of likely N-dealkylation sites (N-methyl/N-ethyl adjacent to an activating group) is 2. The summed E-state index contributed by atoms with van der Waals surface area (Å²) in [4.78, 5) is 11.9. The molecule has 1 atom stereocenters. The molecule has 0 saturated carbocycles. The summed E-state index contributed by atoms with van der Waals surface area (Å²) in [6, 6.07) is 11.2. The van der Waals surface area contributed by atoms with Crippen LogP contribution < -0.4 is 20.1 Å². The van der Waals surface area contributed by atoms with Crippen molar-refractivity contribution < 1.29 is 26.4 Å². The molecule has 2 aromatic rings. The highest BCUT2D eigenvalue weighted by Gasteiger charge is 2.26. The van der Waals surface area contributed by atoms with Crippen LogP contribution in [0.2, 0.25) is 0 Å². The fourth-order valence-corrected chi connectivity index (χ4v) is 5.04. The van der Waals surface area contributed by atoms with Gasteiger partial charge in [-0.05, 0) is 49.5 Å². The predicted octanol–water partition coefficient (Wildman–Crippen LogP) is -0.109. The van der Waals surface area contributed by atoms with E-state index in [0.717, 1.165) is 5.56 Å². The average Bonchev–Trinajstić information content (AvgIpc) is 2.78. The summed E-state index contributed by atoms with van der Waals surface area (Å²) in [5, 5.41) is 5.60. The number of hydrogen-bond donors (Lipinski definition) is 4. The van der Waals surface area contributed by atoms with Crippen molar-refractivity contribution in [2.75, 3.05) is 40.8 Å². The standard InChI is InChI=1S/C20H28N4O6S2/c1-21-12-13-23-31(26,27)17-8-4-15(5-9-17)16-6-10-18(11-7-16)32(28,29)24-19(14-22-2)20(25)30-3/h4-11,19,21-24H,12-14H2,1-3H3/t19-/m0/s1. The van der Waals surface area contributed by atoms with Gasteiger partial charge in [0.05, 0.1) is 16.9 Å². The molecule has 0 aromatic heterocycles. The number of hydrogen-bond acceptors (Lipinski definition) is 8. The van der Waals surface area contributed by atoms with Gasteiger partial charge in [0.25, 0.3) is 0 Å². The average molecular weight is 485 g/mol. The van der Waals surface area contributed by atoms with Gasteiger partial charge in [0.1, 0.15) is 6.04 Å². The molecule has 12 heteroatoms. The van der Waals surface area contributed by atoms with Crippen LogP contribution in [0.5, 0.6) is 0 Å². The Morgan fingerprint density at radius 1 is 0.812 bits per heavy atom. The van der Waals surface area contributed by atoms with Gasteiger partial charge in [0.15, 0.2) is 0 Å². The number of sulfonamides is 2. The van der Waals surface area contributed by atoms with Gasteiger partial charge in [-0.15, -0.1) is 0 Å². The zero-order chi connectivity index (χ0) is 23.8. The maximum absolute atomic E-state index is 12.6. The lowest BCUT2D eigenvalue weighted by molar-refractivity contribution is -0.142. The first-order valence-corrected chi connectivity index (χ1v) is 12.7. The van der Waals surface area contributed by atoms with Crippen LogP contribution in [0.1, 0.15) is 0 Å². The third-order valence-electron chi connectivity index (χ3n) is 4.52. The van der Waals surface area contributed by atoms with E-state index >= 15 is 0 Å². The van der Waals surface area contributed by atoms with Crippen LogP contribution in [-0.2, 0) is 29.6 Å². The molecular formula is C20H28N4O6S2. The normalized spacial score (nSPS) is 13.0. The van der Waals surface area contributed by atoms with Crippen molar-refractivity contribution in [2.24, 2.45) is 0 Å². The van der Waals surface area contributed by atoms with E-state index in [4.69, 9.17) is 0 Å². The van der Waals surface area contributed by atoms with Crippen molar-refractivity contribution in [3.63, 3.8) is 0 Å². The van der Waals surface area contributed by atoms with Crippen LogP contribution in [0.4, 0.5) is 0 Å². The number of methoxy groups -OCH3 is 1. The van der Waals surface area contributed by atoms with Crippen LogP contribution in [0.25, 0.3) is 11.1 Å². The fourth-order valence-electron chi connectivity index (χ4n) is 2.82. The van der Waals surface area contributed by atoms with Gasteiger partial charge in [-0.1, -0.05) is 24.3 Å². The lowest BCUT2D eigenvalue weighted by Crippen LogP contribution is -2.47. The smallest absolute Gasteiger partial charge is 0.325 e. The first-order chi connectivity index (χ1) is 15.1. The molecule has 0 radical (unpaired) electrons. The number of benzene rings is 2. The second-order valence-electron chi connectivity index (χ2n) is 6.80. The molecule has 2 rings (SSSR count). The summed E-state index contributed by atoms with van der Waals surface area (Å²) in [5.74, 6) is -0.699. The summed E-state index contributed by atoms with van der Waals surface area (Å²) >= 11 is 0. The highest BCUT2D eigenvalue weighted by Crippen LogP contribution is 2.23. The van der Waals surface area contributed by atoms with E-state index in [1.54, 1.807) is 38.4 Å². The van der Waals surface area contributed by atoms with Crippen LogP contribution in [0, 0.1) is 0 Å². The van der Waals surface area contributed by atoms with E-state index in [-0.39, 0.29) is 22.9 Å². The quantitative estimate of drug-likeness (QED) is 0.241. The third kappa shape index (κ3) is 6.82. The van der Waals surface area contributed by atoms with Crippen LogP contribution in [0.15, 0.2) is 58.3 Å². The number of nitrogens with one attached hydrogen (secondary N) is 4. The number of rotatable bonds is 12. The Balaban J connectivity index is 2.17. The van der Waals surface area contributed by atoms with Gasteiger partial charge in [-0.3, -0.25) is 4.79 Å². The third-order valence-corrected chi connectivity index (χ3v) is 7.49. The first kappa shape index (κ1) is 25.9. The molecule has 0 heterocycles. The zero-order valence-corrected chi connectivity index (χ0v) is 19.7. The Morgan fingerprint density at radius 2 is 1.31 bits per heavy atom. The highest BCUT2D eigenvalue weighted by molar-refractivity contribution is 7.89. The van der Waals surface area contributed by atoms with Gasteiger partial charge in [-0.2, -0.15) is 4.72 Å². The Hall–Kier alpha value is -2.35. The number of ether oxygens (including phenoxy) is 1. The van der Waals surface area contributed by atoms with E-state index < -0.39 is 32.1 Å². The van der Waals surface area contributed by atoms with Crippen molar-refractivity contribution in [1.82, 2.24) is 20.1 Å². The summed E-state index contributed by atoms with van der Waals surface area (Å²) < 4.78 is 59.2. The second-order valence-corrected chi connectivity index (χ2v) is 10.3. The van der Waals surface area contributed by atoms with Gasteiger partial charge < -0.3 is 15.4 Å². The topological polar surface area (TPSA) is 143 Å². The molecule has 0 bridgehead atoms. The van der Waals surface area contributed by atoms with Crippen LogP contribution >= 0.6 is 0 Å². The van der Waals surface area contributed by atoms with Gasteiger partial charge in [-0.25, -0.2) is 21.6 Å². The molecule has 0 saturated heterocycles. The maximum atomic E-state index is 12.6. The molecule has 10 nitrogen and oxygen atoms in total. The van der Waals surface area contributed by atoms with Crippen molar-refractivity contribution in [1.29, 1.82) is 0 Å². The molecule has 0 aliphatic carbocycles. The van der Waals surface area contributed by atoms with E-state index in [9.17, 15) is 21.6 Å². The Bertz CT molecular complexity index is 1100. The minimum atomic E-state index is -3.96. The van der Waals surface area contributed by atoms with Gasteiger partial charge >= 0.3 is 5.97 Å². The largest absolute Gasteiger partial charge is 0.468 e. The molecule has 2 aromatic carbocycles. The lowest BCUT2D eigenvalue weighted by atomic mass is 10.1. The Kier molecular flexibility index (Phi) is 9.31. The van der Waals surface area contributed by atoms with E-state index in [2.05, 4.69) is 24.8 Å². The molecule has 4 N–H and O–H groups in total. The molecule has 0 fully saturated rings.